The molecule has 1 saturated heterocycles. The summed E-state index contributed by atoms with van der Waals surface area (Å²) in [6.45, 7) is 5.35. The Bertz CT molecular complexity index is 717. The predicted octanol–water partition coefficient (Wildman–Crippen LogP) is 1.36. The van der Waals surface area contributed by atoms with Crippen molar-refractivity contribution in [1.82, 2.24) is 20.1 Å². The van der Waals surface area contributed by atoms with E-state index in [2.05, 4.69) is 15.2 Å². The molecule has 1 aliphatic heterocycles. The number of rotatable bonds is 5. The number of carbonyl (C=O) groups excluding carboxylic acids is 1. The monoisotopic (exact) mass is 345 g/mol. The van der Waals surface area contributed by atoms with Gasteiger partial charge in [0.25, 0.3) is 0 Å². The van der Waals surface area contributed by atoms with Gasteiger partial charge >= 0.3 is 5.97 Å². The third-order valence-electron chi connectivity index (χ3n) is 4.00. The van der Waals surface area contributed by atoms with Gasteiger partial charge in [-0.25, -0.2) is 9.37 Å². The summed E-state index contributed by atoms with van der Waals surface area (Å²) in [6, 6.07) is 6.12. The molecule has 0 radical (unpaired) electrons. The van der Waals surface area contributed by atoms with Crippen LogP contribution in [0.1, 0.15) is 6.92 Å². The van der Waals surface area contributed by atoms with Crippen LogP contribution in [0.25, 0.3) is 11.3 Å². The summed E-state index contributed by atoms with van der Waals surface area (Å²) < 4.78 is 18.0. The van der Waals surface area contributed by atoms with Crippen LogP contribution >= 0.6 is 0 Å². The Morgan fingerprint density at radius 2 is 1.92 bits per heavy atom. The first kappa shape index (κ1) is 17.2. The van der Waals surface area contributed by atoms with E-state index in [1.54, 1.807) is 25.3 Å². The summed E-state index contributed by atoms with van der Waals surface area (Å²) in [5.74, 6) is 0.0495. The van der Waals surface area contributed by atoms with Crippen molar-refractivity contribution in [1.29, 1.82) is 0 Å². The largest absolute Gasteiger partial charge is 0.465 e. The molecule has 0 N–H and O–H groups in total. The van der Waals surface area contributed by atoms with Crippen molar-refractivity contribution in [2.75, 3.05) is 44.2 Å². The molecule has 1 aromatic carbocycles. The van der Waals surface area contributed by atoms with Gasteiger partial charge in [0.2, 0.25) is 5.95 Å². The first-order valence-corrected chi connectivity index (χ1v) is 8.24. The van der Waals surface area contributed by atoms with E-state index in [9.17, 15) is 9.18 Å². The van der Waals surface area contributed by atoms with Gasteiger partial charge < -0.3 is 9.64 Å². The van der Waals surface area contributed by atoms with Gasteiger partial charge in [0.05, 0.1) is 25.0 Å². The maximum Gasteiger partial charge on any atom is 0.320 e. The first-order valence-electron chi connectivity index (χ1n) is 8.24. The lowest BCUT2D eigenvalue weighted by molar-refractivity contribution is -0.144. The summed E-state index contributed by atoms with van der Waals surface area (Å²) in [6.07, 6.45) is 1.56. The molecule has 0 atom stereocenters. The Kier molecular flexibility index (Phi) is 5.49. The van der Waals surface area contributed by atoms with Crippen LogP contribution in [-0.4, -0.2) is 65.4 Å². The van der Waals surface area contributed by atoms with Crippen LogP contribution in [0.15, 0.2) is 30.5 Å². The third kappa shape index (κ3) is 4.48. The molecule has 0 saturated carbocycles. The van der Waals surface area contributed by atoms with E-state index in [1.807, 2.05) is 9.80 Å². The average molecular weight is 345 g/mol. The van der Waals surface area contributed by atoms with Crippen molar-refractivity contribution >= 4 is 11.9 Å². The Morgan fingerprint density at radius 1 is 1.20 bits per heavy atom. The minimum absolute atomic E-state index is 0.202. The van der Waals surface area contributed by atoms with Crippen molar-refractivity contribution < 1.29 is 13.9 Å². The van der Waals surface area contributed by atoms with Gasteiger partial charge in [-0.1, -0.05) is 0 Å². The van der Waals surface area contributed by atoms with E-state index in [0.717, 1.165) is 18.7 Å². The second-order valence-corrected chi connectivity index (χ2v) is 5.72. The number of anilines is 1. The lowest BCUT2D eigenvalue weighted by Crippen LogP contribution is -2.48. The summed E-state index contributed by atoms with van der Waals surface area (Å²) in [5, 5.41) is 8.12. The van der Waals surface area contributed by atoms with Crippen LogP contribution in [0.5, 0.6) is 0 Å². The van der Waals surface area contributed by atoms with E-state index in [-0.39, 0.29) is 11.8 Å². The lowest BCUT2D eigenvalue weighted by atomic mass is 10.2. The molecule has 0 unspecified atom stereocenters. The van der Waals surface area contributed by atoms with Crippen molar-refractivity contribution in [2.45, 2.75) is 6.92 Å². The number of nitrogens with zero attached hydrogens (tertiary/aromatic N) is 5. The van der Waals surface area contributed by atoms with Gasteiger partial charge in [-0.15, -0.1) is 5.10 Å². The van der Waals surface area contributed by atoms with E-state index >= 15 is 0 Å². The van der Waals surface area contributed by atoms with Crippen molar-refractivity contribution in [3.8, 4) is 11.3 Å². The van der Waals surface area contributed by atoms with Crippen molar-refractivity contribution in [3.63, 3.8) is 0 Å². The van der Waals surface area contributed by atoms with Crippen LogP contribution in [-0.2, 0) is 9.53 Å². The molecule has 0 spiro atoms. The van der Waals surface area contributed by atoms with Gasteiger partial charge in [-0.3, -0.25) is 9.69 Å². The van der Waals surface area contributed by atoms with Gasteiger partial charge in [0, 0.05) is 31.7 Å². The number of piperazine rings is 1. The number of ether oxygens (including phenoxy) is 1. The summed E-state index contributed by atoms with van der Waals surface area (Å²) in [7, 11) is 0. The summed E-state index contributed by atoms with van der Waals surface area (Å²) in [4.78, 5) is 20.2. The molecule has 0 aliphatic carbocycles. The van der Waals surface area contributed by atoms with E-state index < -0.39 is 0 Å². The SMILES string of the molecule is CCOC(=O)CN1CCN(c2nncc(-c3ccc(F)cc3)n2)CC1. The first-order chi connectivity index (χ1) is 12.2. The van der Waals surface area contributed by atoms with Gasteiger partial charge in [-0.05, 0) is 31.2 Å². The lowest BCUT2D eigenvalue weighted by Gasteiger charge is -2.33. The topological polar surface area (TPSA) is 71.5 Å². The van der Waals surface area contributed by atoms with Crippen LogP contribution < -0.4 is 4.90 Å². The molecule has 1 fully saturated rings. The Hall–Kier alpha value is -2.61. The minimum atomic E-state index is -0.288. The fourth-order valence-corrected chi connectivity index (χ4v) is 2.68. The highest BCUT2D eigenvalue weighted by molar-refractivity contribution is 5.71. The van der Waals surface area contributed by atoms with E-state index in [0.29, 0.717) is 37.9 Å². The number of hydrogen-bond acceptors (Lipinski definition) is 7. The van der Waals surface area contributed by atoms with Crippen LogP contribution in [0.3, 0.4) is 0 Å². The molecule has 7 nitrogen and oxygen atoms in total. The Balaban J connectivity index is 1.63. The molecule has 0 amide bonds. The van der Waals surface area contributed by atoms with Crippen LogP contribution in [0.4, 0.5) is 10.3 Å². The zero-order chi connectivity index (χ0) is 17.6. The van der Waals surface area contributed by atoms with E-state index in [1.165, 1.54) is 12.1 Å². The molecular formula is C17H20FN5O2. The number of carbonyl (C=O) groups is 1. The average Bonchev–Trinajstić information content (AvgIpc) is 2.63. The number of aromatic nitrogens is 3. The van der Waals surface area contributed by atoms with Crippen molar-refractivity contribution in [3.05, 3.63) is 36.3 Å². The quantitative estimate of drug-likeness (QED) is 0.758. The summed E-state index contributed by atoms with van der Waals surface area (Å²) in [5.41, 5.74) is 1.44. The molecule has 2 aromatic rings. The maximum atomic E-state index is 13.1. The molecule has 3 rings (SSSR count). The van der Waals surface area contributed by atoms with Crippen LogP contribution in [0.2, 0.25) is 0 Å². The smallest absolute Gasteiger partial charge is 0.320 e. The zero-order valence-corrected chi connectivity index (χ0v) is 14.1. The third-order valence-corrected chi connectivity index (χ3v) is 4.00. The number of esters is 1. The highest BCUT2D eigenvalue weighted by Crippen LogP contribution is 2.19. The molecule has 0 bridgehead atoms. The number of hydrogen-bond donors (Lipinski definition) is 0. The molecule has 8 heteroatoms. The molecule has 2 heterocycles. The normalized spacial score (nSPS) is 15.2. The molecule has 132 valence electrons. The molecule has 25 heavy (non-hydrogen) atoms. The fourth-order valence-electron chi connectivity index (χ4n) is 2.68. The maximum absolute atomic E-state index is 13.1. The second-order valence-electron chi connectivity index (χ2n) is 5.72. The second kappa shape index (κ2) is 7.98. The summed E-state index contributed by atoms with van der Waals surface area (Å²) >= 11 is 0. The highest BCUT2D eigenvalue weighted by Gasteiger charge is 2.21. The Morgan fingerprint density at radius 3 is 2.60 bits per heavy atom. The Labute approximate surface area is 145 Å². The van der Waals surface area contributed by atoms with Crippen LogP contribution in [0, 0.1) is 5.82 Å². The van der Waals surface area contributed by atoms with E-state index in [4.69, 9.17) is 4.74 Å². The number of benzene rings is 1. The zero-order valence-electron chi connectivity index (χ0n) is 14.1. The van der Waals surface area contributed by atoms with Gasteiger partial charge in [0.15, 0.2) is 0 Å². The molecule has 1 aromatic heterocycles. The minimum Gasteiger partial charge on any atom is -0.465 e. The highest BCUT2D eigenvalue weighted by atomic mass is 19.1. The predicted molar refractivity (Wildman–Crippen MR) is 90.5 cm³/mol. The molecule has 1 aliphatic rings. The van der Waals surface area contributed by atoms with Crippen molar-refractivity contribution in [2.24, 2.45) is 0 Å². The van der Waals surface area contributed by atoms with Gasteiger partial charge in [0.1, 0.15) is 5.82 Å². The molecular weight excluding hydrogens is 325 g/mol. The van der Waals surface area contributed by atoms with Gasteiger partial charge in [-0.2, -0.15) is 5.10 Å². The number of halogens is 1. The standard InChI is InChI=1S/C17H20FN5O2/c1-2-25-16(24)12-22-7-9-23(10-8-22)17-20-15(11-19-21-17)13-3-5-14(18)6-4-13/h3-6,11H,2,7-10,12H2,1H3. The fraction of sp³-hybridized carbons (Fsp3) is 0.412.